The van der Waals surface area contributed by atoms with Crippen molar-refractivity contribution in [1.29, 1.82) is 0 Å². The number of rotatable bonds is 11. The fraction of sp³-hybridized carbons (Fsp3) is 0.485. The molecule has 1 unspecified atom stereocenters. The van der Waals surface area contributed by atoms with E-state index in [9.17, 15) is 26.4 Å². The van der Waals surface area contributed by atoms with Gasteiger partial charge in [-0.05, 0) is 75.3 Å². The molecule has 3 aliphatic rings. The molecule has 2 aromatic carbocycles. The van der Waals surface area contributed by atoms with Gasteiger partial charge >= 0.3 is 12.3 Å². The largest absolute Gasteiger partial charge is 0.573 e. The molecule has 1 saturated carbocycles. The standard InChI is InChI=1S/C33H34F3N3O7S2/c1-18-13-23(48(41,42)12-11-28(40)43-2)16-27-29(18)37-32(47-27)39-20-9-10-21(39)15-22(14-20)44-17-25-30(38-46-31(25)19-7-8-19)24-5-3-4-6-26(24)45-33(34,35)36/h3-6,13,16,19-22H,7-12,14-15,17H2,1-2H3/t20-,21+,22?. The minimum Gasteiger partial charge on any atom is -0.469 e. The number of aromatic nitrogens is 2. The maximum absolute atomic E-state index is 13.2. The number of nitrogens with zero attached hydrogens (tertiary/aromatic N) is 3. The summed E-state index contributed by atoms with van der Waals surface area (Å²) in [5.74, 6) is -0.427. The topological polar surface area (TPSA) is 121 Å². The van der Waals surface area contributed by atoms with Crippen molar-refractivity contribution in [1.82, 2.24) is 10.1 Å². The van der Waals surface area contributed by atoms with Gasteiger partial charge in [-0.25, -0.2) is 13.4 Å². The summed E-state index contributed by atoms with van der Waals surface area (Å²) < 4.78 is 87.3. The summed E-state index contributed by atoms with van der Waals surface area (Å²) in [7, 11) is -2.47. The second kappa shape index (κ2) is 12.6. The number of hydrogen-bond acceptors (Lipinski definition) is 11. The normalized spacial score (nSPS) is 21.2. The molecule has 0 spiro atoms. The Kier molecular flexibility index (Phi) is 8.65. The molecule has 0 N–H and O–H groups in total. The van der Waals surface area contributed by atoms with Gasteiger partial charge in [0.25, 0.3) is 0 Å². The van der Waals surface area contributed by atoms with Crippen molar-refractivity contribution in [2.45, 2.75) is 93.8 Å². The highest BCUT2D eigenvalue weighted by molar-refractivity contribution is 7.91. The molecule has 48 heavy (non-hydrogen) atoms. The first-order chi connectivity index (χ1) is 22.9. The molecular weight excluding hydrogens is 672 g/mol. The molecule has 2 saturated heterocycles. The van der Waals surface area contributed by atoms with E-state index in [1.54, 1.807) is 18.2 Å². The van der Waals surface area contributed by atoms with Crippen LogP contribution in [0.1, 0.15) is 67.8 Å². The number of anilines is 1. The summed E-state index contributed by atoms with van der Waals surface area (Å²) >= 11 is 1.46. The minimum atomic E-state index is -4.85. The Morgan fingerprint density at radius 1 is 1.10 bits per heavy atom. The van der Waals surface area contributed by atoms with Crippen molar-refractivity contribution in [3.63, 3.8) is 0 Å². The Hall–Kier alpha value is -3.69. The lowest BCUT2D eigenvalue weighted by Gasteiger charge is -2.38. The summed E-state index contributed by atoms with van der Waals surface area (Å²) in [6.45, 7) is 1.99. The van der Waals surface area contributed by atoms with E-state index in [-0.39, 0.29) is 59.1 Å². The van der Waals surface area contributed by atoms with Crippen LogP contribution in [-0.4, -0.2) is 61.9 Å². The number of methoxy groups -OCH3 is 1. The zero-order valence-corrected chi connectivity index (χ0v) is 27.9. The van der Waals surface area contributed by atoms with Gasteiger partial charge in [-0.1, -0.05) is 28.6 Å². The van der Waals surface area contributed by atoms with Crippen LogP contribution < -0.4 is 9.64 Å². The van der Waals surface area contributed by atoms with E-state index in [2.05, 4.69) is 19.5 Å². The number of thiazole rings is 1. The van der Waals surface area contributed by atoms with E-state index in [0.29, 0.717) is 17.0 Å². The number of alkyl halides is 3. The van der Waals surface area contributed by atoms with Crippen LogP contribution in [0.5, 0.6) is 5.75 Å². The Bertz CT molecular complexity index is 1940. The van der Waals surface area contributed by atoms with Gasteiger partial charge in [0.1, 0.15) is 17.2 Å². The van der Waals surface area contributed by atoms with E-state index in [1.807, 2.05) is 6.92 Å². The van der Waals surface area contributed by atoms with Crippen LogP contribution in [0.4, 0.5) is 18.3 Å². The lowest BCUT2D eigenvalue weighted by atomic mass is 10.00. The number of carbonyl (C=O) groups excluding carboxylic acids is 1. The van der Waals surface area contributed by atoms with Crippen LogP contribution in [0, 0.1) is 6.92 Å². The van der Waals surface area contributed by atoms with Crippen molar-refractivity contribution in [2.24, 2.45) is 0 Å². The van der Waals surface area contributed by atoms with Crippen LogP contribution in [0.15, 0.2) is 45.8 Å². The molecule has 3 atom stereocenters. The molecule has 256 valence electrons. The average Bonchev–Trinajstić information content (AvgIpc) is 3.55. The highest BCUT2D eigenvalue weighted by Crippen LogP contribution is 2.47. The Labute approximate surface area is 279 Å². The highest BCUT2D eigenvalue weighted by atomic mass is 32.2. The first-order valence-corrected chi connectivity index (χ1v) is 18.3. The fourth-order valence-corrected chi connectivity index (χ4v) is 9.50. The molecule has 4 aromatic rings. The molecule has 2 aliphatic heterocycles. The SMILES string of the molecule is COC(=O)CCS(=O)(=O)c1cc(C)c2nc(N3[C@@H]4CC[C@H]3CC(OCc3c(-c5ccccc5OC(F)(F)F)noc3C3CC3)C4)sc2c1. The van der Waals surface area contributed by atoms with Crippen LogP contribution >= 0.6 is 11.3 Å². The van der Waals surface area contributed by atoms with Crippen molar-refractivity contribution in [3.8, 4) is 17.0 Å². The number of fused-ring (bicyclic) bond motifs is 3. The van der Waals surface area contributed by atoms with Crippen LogP contribution in [-0.2, 0) is 30.7 Å². The third kappa shape index (κ3) is 6.64. The van der Waals surface area contributed by atoms with Gasteiger partial charge in [0, 0.05) is 29.1 Å². The van der Waals surface area contributed by atoms with E-state index >= 15 is 0 Å². The van der Waals surface area contributed by atoms with Gasteiger partial charge in [-0.3, -0.25) is 4.79 Å². The van der Waals surface area contributed by atoms with Crippen LogP contribution in [0.25, 0.3) is 21.5 Å². The third-order valence-corrected chi connectivity index (χ3v) is 12.0. The number of ether oxygens (including phenoxy) is 3. The van der Waals surface area contributed by atoms with E-state index in [1.165, 1.54) is 36.6 Å². The molecule has 15 heteroatoms. The molecule has 3 fully saturated rings. The Morgan fingerprint density at radius 3 is 2.52 bits per heavy atom. The fourth-order valence-electron chi connectivity index (χ4n) is 6.87. The molecule has 4 heterocycles. The first kappa shape index (κ1) is 32.8. The molecule has 0 radical (unpaired) electrons. The predicted molar refractivity (Wildman–Crippen MR) is 171 cm³/mol. The number of sulfone groups is 1. The summed E-state index contributed by atoms with van der Waals surface area (Å²) in [6, 6.07) is 9.51. The average molecular weight is 706 g/mol. The molecule has 10 nitrogen and oxygen atoms in total. The van der Waals surface area contributed by atoms with Gasteiger partial charge in [0.2, 0.25) is 0 Å². The molecule has 0 amide bonds. The zero-order valence-electron chi connectivity index (χ0n) is 26.3. The predicted octanol–water partition coefficient (Wildman–Crippen LogP) is 7.09. The van der Waals surface area contributed by atoms with Crippen molar-refractivity contribution in [3.05, 3.63) is 53.3 Å². The zero-order chi connectivity index (χ0) is 33.8. The molecule has 2 aromatic heterocycles. The molecule has 1 aliphatic carbocycles. The van der Waals surface area contributed by atoms with Crippen molar-refractivity contribution in [2.75, 3.05) is 17.8 Å². The second-order valence-electron chi connectivity index (χ2n) is 12.6. The molecular formula is C33H34F3N3O7S2. The highest BCUT2D eigenvalue weighted by Gasteiger charge is 2.43. The summed E-state index contributed by atoms with van der Waals surface area (Å²) in [5.41, 5.74) is 2.65. The second-order valence-corrected chi connectivity index (χ2v) is 15.7. The van der Waals surface area contributed by atoms with Gasteiger partial charge in [0.15, 0.2) is 15.0 Å². The maximum atomic E-state index is 13.2. The van der Waals surface area contributed by atoms with E-state index < -0.39 is 22.2 Å². The number of hydrogen-bond donors (Lipinski definition) is 0. The first-order valence-electron chi connectivity index (χ1n) is 15.8. The minimum absolute atomic E-state index is 0.0853. The monoisotopic (exact) mass is 705 g/mol. The number of para-hydroxylation sites is 1. The number of esters is 1. The lowest BCUT2D eigenvalue weighted by Crippen LogP contribution is -2.45. The summed E-state index contributed by atoms with van der Waals surface area (Å²) in [5, 5.41) is 5.03. The number of piperidine rings is 1. The smallest absolute Gasteiger partial charge is 0.469 e. The number of aryl methyl sites for hydroxylation is 1. The van der Waals surface area contributed by atoms with Gasteiger partial charge in [0.05, 0.1) is 47.1 Å². The Morgan fingerprint density at radius 2 is 1.83 bits per heavy atom. The number of halogens is 3. The van der Waals surface area contributed by atoms with Crippen molar-refractivity contribution < 1.29 is 45.1 Å². The summed E-state index contributed by atoms with van der Waals surface area (Å²) in [6.07, 6.45) is 0.0958. The molecule has 7 rings (SSSR count). The van der Waals surface area contributed by atoms with Gasteiger partial charge in [-0.2, -0.15) is 0 Å². The summed E-state index contributed by atoms with van der Waals surface area (Å²) in [4.78, 5) is 19.0. The number of carbonyl (C=O) groups is 1. The third-order valence-electron chi connectivity index (χ3n) is 9.32. The maximum Gasteiger partial charge on any atom is 0.573 e. The number of benzene rings is 2. The quantitative estimate of drug-likeness (QED) is 0.150. The van der Waals surface area contributed by atoms with Crippen LogP contribution in [0.3, 0.4) is 0 Å². The molecule has 2 bridgehead atoms. The van der Waals surface area contributed by atoms with Gasteiger partial charge in [-0.15, -0.1) is 13.2 Å². The Balaban J connectivity index is 1.08. The lowest BCUT2D eigenvalue weighted by molar-refractivity contribution is -0.274. The van der Waals surface area contributed by atoms with Crippen LogP contribution in [0.2, 0.25) is 0 Å². The van der Waals surface area contributed by atoms with E-state index in [4.69, 9.17) is 14.2 Å². The van der Waals surface area contributed by atoms with Gasteiger partial charge < -0.3 is 23.6 Å². The van der Waals surface area contributed by atoms with Crippen molar-refractivity contribution >= 4 is 42.5 Å². The van der Waals surface area contributed by atoms with E-state index in [0.717, 1.165) is 59.4 Å².